The van der Waals surface area contributed by atoms with Crippen molar-refractivity contribution in [1.82, 2.24) is 4.90 Å². The summed E-state index contributed by atoms with van der Waals surface area (Å²) in [5, 5.41) is 10.7. The molecule has 2 unspecified atom stereocenters. The average Bonchev–Trinajstić information content (AvgIpc) is 2.31. The van der Waals surface area contributed by atoms with Crippen LogP contribution in [-0.4, -0.2) is 58.1 Å². The second-order valence-electron chi connectivity index (χ2n) is 9.15. The standard InChI is InChI=1S/C17H33NO3/c1-14(2)10-18(11-15(3,4)20-14)9-12-13(19)17(7,8)21-16(12,5)6/h12-13,19H,9-11H2,1-8H3. The predicted octanol–water partition coefficient (Wildman–Crippen LogP) is 2.44. The van der Waals surface area contributed by atoms with Crippen LogP contribution in [0.1, 0.15) is 55.4 Å². The fourth-order valence-corrected chi connectivity index (χ4v) is 4.35. The second-order valence-corrected chi connectivity index (χ2v) is 9.15. The molecule has 2 aliphatic heterocycles. The third kappa shape index (κ3) is 3.61. The lowest BCUT2D eigenvalue weighted by Gasteiger charge is -2.48. The van der Waals surface area contributed by atoms with Crippen molar-refractivity contribution in [2.24, 2.45) is 5.92 Å². The molecule has 0 spiro atoms. The SMILES string of the molecule is CC1(C)CN(CC2C(O)C(C)(C)OC2(C)C)CC(C)(C)O1. The van der Waals surface area contributed by atoms with Gasteiger partial charge in [0.05, 0.1) is 28.5 Å². The van der Waals surface area contributed by atoms with Crippen molar-refractivity contribution in [3.63, 3.8) is 0 Å². The zero-order valence-corrected chi connectivity index (χ0v) is 15.0. The molecule has 0 amide bonds. The van der Waals surface area contributed by atoms with Gasteiger partial charge in [-0.1, -0.05) is 0 Å². The lowest BCUT2D eigenvalue weighted by Crippen LogP contribution is -2.59. The molecule has 0 saturated carbocycles. The fourth-order valence-electron chi connectivity index (χ4n) is 4.35. The van der Waals surface area contributed by atoms with Crippen molar-refractivity contribution in [1.29, 1.82) is 0 Å². The minimum atomic E-state index is -0.481. The normalized spacial score (nSPS) is 37.6. The third-order valence-electron chi connectivity index (χ3n) is 4.73. The number of hydrogen-bond acceptors (Lipinski definition) is 4. The Labute approximate surface area is 129 Å². The highest BCUT2D eigenvalue weighted by Gasteiger charge is 2.54. The molecular formula is C17H33NO3. The first-order chi connectivity index (χ1) is 9.24. The summed E-state index contributed by atoms with van der Waals surface area (Å²) in [6.07, 6.45) is -0.443. The molecule has 1 N–H and O–H groups in total. The summed E-state index contributed by atoms with van der Waals surface area (Å²) in [6.45, 7) is 19.3. The van der Waals surface area contributed by atoms with E-state index in [2.05, 4.69) is 46.4 Å². The minimum Gasteiger partial charge on any atom is -0.390 e. The summed E-state index contributed by atoms with van der Waals surface area (Å²) in [4.78, 5) is 2.42. The van der Waals surface area contributed by atoms with Crippen molar-refractivity contribution in [3.8, 4) is 0 Å². The monoisotopic (exact) mass is 299 g/mol. The van der Waals surface area contributed by atoms with Crippen molar-refractivity contribution in [2.75, 3.05) is 19.6 Å². The maximum absolute atomic E-state index is 10.7. The molecule has 21 heavy (non-hydrogen) atoms. The van der Waals surface area contributed by atoms with E-state index in [1.54, 1.807) is 0 Å². The Hall–Kier alpha value is -0.160. The summed E-state index contributed by atoms with van der Waals surface area (Å²) < 4.78 is 12.2. The maximum atomic E-state index is 10.7. The first-order valence-electron chi connectivity index (χ1n) is 8.05. The lowest BCUT2D eigenvalue weighted by atomic mass is 9.83. The Morgan fingerprint density at radius 2 is 1.33 bits per heavy atom. The van der Waals surface area contributed by atoms with E-state index in [0.29, 0.717) is 0 Å². The summed E-state index contributed by atoms with van der Waals surface area (Å²) in [6, 6.07) is 0. The van der Waals surface area contributed by atoms with Gasteiger partial charge in [0, 0.05) is 25.6 Å². The molecule has 2 fully saturated rings. The van der Waals surface area contributed by atoms with Crippen LogP contribution in [0.15, 0.2) is 0 Å². The molecule has 124 valence electrons. The van der Waals surface area contributed by atoms with Gasteiger partial charge in [0.15, 0.2) is 0 Å². The van der Waals surface area contributed by atoms with E-state index >= 15 is 0 Å². The number of ether oxygens (including phenoxy) is 2. The summed E-state index contributed by atoms with van der Waals surface area (Å²) >= 11 is 0. The van der Waals surface area contributed by atoms with Crippen molar-refractivity contribution in [2.45, 2.75) is 83.9 Å². The van der Waals surface area contributed by atoms with E-state index in [1.165, 1.54) is 0 Å². The van der Waals surface area contributed by atoms with Crippen LogP contribution in [0, 0.1) is 5.92 Å². The van der Waals surface area contributed by atoms with E-state index in [-0.39, 0.29) is 22.7 Å². The zero-order chi connectivity index (χ0) is 16.3. The predicted molar refractivity (Wildman–Crippen MR) is 84.4 cm³/mol. The van der Waals surface area contributed by atoms with Gasteiger partial charge in [-0.2, -0.15) is 0 Å². The van der Waals surface area contributed by atoms with Gasteiger partial charge in [-0.25, -0.2) is 0 Å². The second kappa shape index (κ2) is 4.92. The molecule has 0 aliphatic carbocycles. The molecule has 2 rings (SSSR count). The maximum Gasteiger partial charge on any atom is 0.0896 e. The lowest BCUT2D eigenvalue weighted by molar-refractivity contribution is -0.185. The highest BCUT2D eigenvalue weighted by molar-refractivity contribution is 5.03. The summed E-state index contributed by atoms with van der Waals surface area (Å²) in [5.74, 6) is 0.109. The van der Waals surface area contributed by atoms with Crippen LogP contribution in [-0.2, 0) is 9.47 Å². The van der Waals surface area contributed by atoms with Crippen LogP contribution in [0.5, 0.6) is 0 Å². The van der Waals surface area contributed by atoms with E-state index in [1.807, 2.05) is 13.8 Å². The Morgan fingerprint density at radius 1 is 0.857 bits per heavy atom. The van der Waals surface area contributed by atoms with Gasteiger partial charge < -0.3 is 14.6 Å². The number of nitrogens with zero attached hydrogens (tertiary/aromatic N) is 1. The number of hydrogen-bond donors (Lipinski definition) is 1. The largest absolute Gasteiger partial charge is 0.390 e. The molecule has 0 aromatic heterocycles. The van der Waals surface area contributed by atoms with Gasteiger partial charge in [-0.3, -0.25) is 4.90 Å². The molecular weight excluding hydrogens is 266 g/mol. The summed E-state index contributed by atoms with van der Waals surface area (Å²) in [5.41, 5.74) is -1.11. The number of aliphatic hydroxyl groups is 1. The van der Waals surface area contributed by atoms with Gasteiger partial charge in [-0.15, -0.1) is 0 Å². The zero-order valence-electron chi connectivity index (χ0n) is 15.0. The first-order valence-corrected chi connectivity index (χ1v) is 8.05. The third-order valence-corrected chi connectivity index (χ3v) is 4.73. The van der Waals surface area contributed by atoms with E-state index < -0.39 is 11.7 Å². The van der Waals surface area contributed by atoms with Crippen molar-refractivity contribution >= 4 is 0 Å². The molecule has 2 atom stereocenters. The molecule has 4 nitrogen and oxygen atoms in total. The average molecular weight is 299 g/mol. The quantitative estimate of drug-likeness (QED) is 0.850. The number of aliphatic hydroxyl groups excluding tert-OH is 1. The van der Waals surface area contributed by atoms with Crippen LogP contribution in [0.4, 0.5) is 0 Å². The van der Waals surface area contributed by atoms with Crippen LogP contribution in [0.2, 0.25) is 0 Å². The number of morpholine rings is 1. The van der Waals surface area contributed by atoms with E-state index in [0.717, 1.165) is 19.6 Å². The van der Waals surface area contributed by atoms with E-state index in [9.17, 15) is 5.11 Å². The Balaban J connectivity index is 2.14. The van der Waals surface area contributed by atoms with Crippen LogP contribution < -0.4 is 0 Å². The summed E-state index contributed by atoms with van der Waals surface area (Å²) in [7, 11) is 0. The molecule has 4 heteroatoms. The van der Waals surface area contributed by atoms with E-state index in [4.69, 9.17) is 9.47 Å². The highest BCUT2D eigenvalue weighted by Crippen LogP contribution is 2.43. The van der Waals surface area contributed by atoms with Crippen LogP contribution >= 0.6 is 0 Å². The minimum absolute atomic E-state index is 0.109. The smallest absolute Gasteiger partial charge is 0.0896 e. The highest BCUT2D eigenvalue weighted by atomic mass is 16.5. The molecule has 0 aromatic rings. The van der Waals surface area contributed by atoms with Crippen LogP contribution in [0.25, 0.3) is 0 Å². The van der Waals surface area contributed by atoms with Gasteiger partial charge >= 0.3 is 0 Å². The Bertz CT molecular complexity index is 385. The molecule has 2 heterocycles. The van der Waals surface area contributed by atoms with Crippen molar-refractivity contribution < 1.29 is 14.6 Å². The van der Waals surface area contributed by atoms with Gasteiger partial charge in [0.25, 0.3) is 0 Å². The fraction of sp³-hybridized carbons (Fsp3) is 1.00. The van der Waals surface area contributed by atoms with Crippen molar-refractivity contribution in [3.05, 3.63) is 0 Å². The molecule has 0 radical (unpaired) electrons. The van der Waals surface area contributed by atoms with Gasteiger partial charge in [-0.05, 0) is 55.4 Å². The van der Waals surface area contributed by atoms with Gasteiger partial charge in [0.1, 0.15) is 0 Å². The topological polar surface area (TPSA) is 41.9 Å². The molecule has 0 bridgehead atoms. The van der Waals surface area contributed by atoms with Gasteiger partial charge in [0.2, 0.25) is 0 Å². The molecule has 0 aromatic carbocycles. The first kappa shape index (κ1) is 17.2. The Morgan fingerprint density at radius 3 is 1.71 bits per heavy atom. The number of rotatable bonds is 2. The molecule has 2 saturated heterocycles. The Kier molecular flexibility index (Phi) is 4.03. The molecule has 2 aliphatic rings. The van der Waals surface area contributed by atoms with Crippen LogP contribution in [0.3, 0.4) is 0 Å².